The summed E-state index contributed by atoms with van der Waals surface area (Å²) in [5.41, 5.74) is -0.438. The molecule has 2 saturated heterocycles. The number of nitrogens with zero attached hydrogens (tertiary/aromatic N) is 5. The van der Waals surface area contributed by atoms with Crippen molar-refractivity contribution < 1.29 is 13.2 Å². The second kappa shape index (κ2) is 5.76. The monoisotopic (exact) mass is 330 g/mol. The number of hydrogen-bond donors (Lipinski definition) is 1. The highest BCUT2D eigenvalue weighted by atomic mass is 32.2. The number of nitrogens with one attached hydrogen (secondary N) is 1. The van der Waals surface area contributed by atoms with Crippen LogP contribution in [0.25, 0.3) is 0 Å². The van der Waals surface area contributed by atoms with Gasteiger partial charge in [0.2, 0.25) is 5.95 Å². The van der Waals surface area contributed by atoms with Gasteiger partial charge < -0.3 is 9.64 Å². The first-order valence-corrected chi connectivity index (χ1v) is 8.78. The third kappa shape index (κ3) is 3.09. The molecule has 2 aliphatic rings. The zero-order valence-electron chi connectivity index (χ0n) is 12.9. The minimum Gasteiger partial charge on any atom is -0.373 e. The molecule has 0 atom stereocenters. The Balaban J connectivity index is 1.64. The second-order valence-electron chi connectivity index (χ2n) is 6.14. The van der Waals surface area contributed by atoms with Crippen LogP contribution >= 0.6 is 0 Å². The Bertz CT molecular complexity index is 594. The highest BCUT2D eigenvalue weighted by Gasteiger charge is 2.38. The SMILES string of the molecule is CC1(C)CN(S(=O)(=O)N2CCN(c3ncn[nH]3)CC2)CCO1. The molecule has 0 radical (unpaired) electrons. The normalized spacial score (nSPS) is 24.5. The summed E-state index contributed by atoms with van der Waals surface area (Å²) in [6.07, 6.45) is 1.45. The van der Waals surface area contributed by atoms with Crippen LogP contribution in [-0.4, -0.2) is 83.7 Å². The maximum Gasteiger partial charge on any atom is 0.282 e. The first kappa shape index (κ1) is 15.7. The highest BCUT2D eigenvalue weighted by Crippen LogP contribution is 2.22. The zero-order valence-corrected chi connectivity index (χ0v) is 13.7. The third-order valence-corrected chi connectivity index (χ3v) is 5.97. The van der Waals surface area contributed by atoms with Crippen LogP contribution in [0.4, 0.5) is 5.95 Å². The maximum absolute atomic E-state index is 12.8. The molecular weight excluding hydrogens is 308 g/mol. The van der Waals surface area contributed by atoms with Crippen LogP contribution in [0, 0.1) is 0 Å². The lowest BCUT2D eigenvalue weighted by molar-refractivity contribution is -0.0652. The summed E-state index contributed by atoms with van der Waals surface area (Å²) in [6.45, 7) is 7.15. The van der Waals surface area contributed by atoms with Crippen molar-refractivity contribution in [3.05, 3.63) is 6.33 Å². The van der Waals surface area contributed by atoms with Crippen molar-refractivity contribution in [2.75, 3.05) is 50.8 Å². The van der Waals surface area contributed by atoms with Crippen molar-refractivity contribution >= 4 is 16.2 Å². The predicted octanol–water partition coefficient (Wildman–Crippen LogP) is -0.718. The maximum atomic E-state index is 12.8. The predicted molar refractivity (Wildman–Crippen MR) is 80.7 cm³/mol. The Kier molecular flexibility index (Phi) is 4.10. The van der Waals surface area contributed by atoms with Gasteiger partial charge in [0.05, 0.1) is 12.2 Å². The first-order valence-electron chi connectivity index (χ1n) is 7.38. The fraction of sp³-hybridized carbons (Fsp3) is 0.833. The van der Waals surface area contributed by atoms with Gasteiger partial charge >= 0.3 is 0 Å². The number of morpholine rings is 1. The van der Waals surface area contributed by atoms with Gasteiger partial charge in [-0.1, -0.05) is 0 Å². The molecule has 0 bridgehead atoms. The Morgan fingerprint density at radius 3 is 2.50 bits per heavy atom. The molecule has 3 rings (SSSR count). The zero-order chi connectivity index (χ0) is 15.8. The lowest BCUT2D eigenvalue weighted by Gasteiger charge is -2.41. The molecule has 1 aromatic rings. The van der Waals surface area contributed by atoms with Gasteiger partial charge in [0, 0.05) is 39.3 Å². The topological polar surface area (TPSA) is 94.7 Å². The van der Waals surface area contributed by atoms with Gasteiger partial charge in [-0.2, -0.15) is 27.1 Å². The highest BCUT2D eigenvalue weighted by molar-refractivity contribution is 7.86. The van der Waals surface area contributed by atoms with E-state index in [0.29, 0.717) is 51.8 Å². The van der Waals surface area contributed by atoms with E-state index in [1.54, 1.807) is 4.31 Å². The molecule has 1 aromatic heterocycles. The fourth-order valence-electron chi connectivity index (χ4n) is 2.82. The number of aromatic nitrogens is 3. The van der Waals surface area contributed by atoms with E-state index in [2.05, 4.69) is 15.2 Å². The molecule has 124 valence electrons. The molecule has 2 aliphatic heterocycles. The minimum absolute atomic E-state index is 0.387. The molecule has 0 aliphatic carbocycles. The summed E-state index contributed by atoms with van der Waals surface area (Å²) in [4.78, 5) is 6.10. The van der Waals surface area contributed by atoms with Crippen LogP contribution in [0.3, 0.4) is 0 Å². The summed E-state index contributed by atoms with van der Waals surface area (Å²) in [5.74, 6) is 0.685. The first-order chi connectivity index (χ1) is 10.4. The Morgan fingerprint density at radius 1 is 1.18 bits per heavy atom. The summed E-state index contributed by atoms with van der Waals surface area (Å²) in [5, 5.41) is 6.63. The van der Waals surface area contributed by atoms with Crippen molar-refractivity contribution in [1.82, 2.24) is 23.8 Å². The minimum atomic E-state index is -3.43. The Hall–Kier alpha value is -1.23. The van der Waals surface area contributed by atoms with Gasteiger partial charge in [-0.3, -0.25) is 0 Å². The van der Waals surface area contributed by atoms with E-state index in [1.165, 1.54) is 10.6 Å². The molecule has 0 unspecified atom stereocenters. The van der Waals surface area contributed by atoms with E-state index in [-0.39, 0.29) is 0 Å². The summed E-state index contributed by atoms with van der Waals surface area (Å²) in [6, 6.07) is 0. The largest absolute Gasteiger partial charge is 0.373 e. The quantitative estimate of drug-likeness (QED) is 0.786. The second-order valence-corrected chi connectivity index (χ2v) is 8.07. The van der Waals surface area contributed by atoms with Gasteiger partial charge in [-0.25, -0.2) is 5.10 Å². The van der Waals surface area contributed by atoms with Crippen molar-refractivity contribution in [2.24, 2.45) is 0 Å². The molecule has 9 nitrogen and oxygen atoms in total. The molecule has 0 spiro atoms. The van der Waals surface area contributed by atoms with Gasteiger partial charge in [-0.15, -0.1) is 0 Å². The Labute approximate surface area is 130 Å². The number of anilines is 1. The van der Waals surface area contributed by atoms with Crippen LogP contribution in [-0.2, 0) is 14.9 Å². The van der Waals surface area contributed by atoms with Gasteiger partial charge in [0.1, 0.15) is 6.33 Å². The molecular formula is C12H22N6O3S. The lowest BCUT2D eigenvalue weighted by atomic mass is 10.1. The molecule has 1 N–H and O–H groups in total. The summed E-state index contributed by atoms with van der Waals surface area (Å²) < 4.78 is 34.2. The van der Waals surface area contributed by atoms with Crippen LogP contribution in [0.1, 0.15) is 13.8 Å². The van der Waals surface area contributed by atoms with Crippen LogP contribution in [0.15, 0.2) is 6.33 Å². The standard InChI is InChI=1S/C12H22N6O3S/c1-12(2)9-18(7-8-21-12)22(19,20)17-5-3-16(4-6-17)11-13-10-14-15-11/h10H,3-9H2,1-2H3,(H,13,14,15). The van der Waals surface area contributed by atoms with Crippen molar-refractivity contribution in [3.8, 4) is 0 Å². The number of rotatable bonds is 3. The summed E-state index contributed by atoms with van der Waals surface area (Å²) >= 11 is 0. The van der Waals surface area contributed by atoms with Crippen LogP contribution in [0.2, 0.25) is 0 Å². The fourth-order valence-corrected chi connectivity index (χ4v) is 4.55. The van der Waals surface area contributed by atoms with Gasteiger partial charge in [0.25, 0.3) is 10.2 Å². The molecule has 10 heteroatoms. The van der Waals surface area contributed by atoms with E-state index < -0.39 is 15.8 Å². The van der Waals surface area contributed by atoms with Crippen molar-refractivity contribution in [2.45, 2.75) is 19.4 Å². The average Bonchev–Trinajstić information content (AvgIpc) is 3.00. The summed E-state index contributed by atoms with van der Waals surface area (Å²) in [7, 11) is -3.43. The molecule has 0 saturated carbocycles. The van der Waals surface area contributed by atoms with E-state index >= 15 is 0 Å². The average molecular weight is 330 g/mol. The van der Waals surface area contributed by atoms with Gasteiger partial charge in [-0.05, 0) is 13.8 Å². The number of piperazine rings is 1. The van der Waals surface area contributed by atoms with Crippen LogP contribution < -0.4 is 4.90 Å². The molecule has 3 heterocycles. The van der Waals surface area contributed by atoms with Gasteiger partial charge in [0.15, 0.2) is 0 Å². The van der Waals surface area contributed by atoms with Crippen molar-refractivity contribution in [1.29, 1.82) is 0 Å². The molecule has 0 aromatic carbocycles. The van der Waals surface area contributed by atoms with Crippen LogP contribution in [0.5, 0.6) is 0 Å². The lowest BCUT2D eigenvalue weighted by Crippen LogP contribution is -2.58. The van der Waals surface area contributed by atoms with Crippen molar-refractivity contribution in [3.63, 3.8) is 0 Å². The molecule has 22 heavy (non-hydrogen) atoms. The number of hydrogen-bond acceptors (Lipinski definition) is 6. The number of ether oxygens (including phenoxy) is 1. The van der Waals surface area contributed by atoms with E-state index in [1.807, 2.05) is 18.7 Å². The smallest absolute Gasteiger partial charge is 0.282 e. The molecule has 2 fully saturated rings. The van der Waals surface area contributed by atoms with E-state index in [9.17, 15) is 8.42 Å². The number of aromatic amines is 1. The van der Waals surface area contributed by atoms with E-state index in [4.69, 9.17) is 4.74 Å². The number of H-pyrrole nitrogens is 1. The van der Waals surface area contributed by atoms with E-state index in [0.717, 1.165) is 0 Å². The third-order valence-electron chi connectivity index (χ3n) is 3.98. The molecule has 0 amide bonds. The Morgan fingerprint density at radius 2 is 1.91 bits per heavy atom.